The fourth-order valence-electron chi connectivity index (χ4n) is 2.89. The molecule has 27 heavy (non-hydrogen) atoms. The van der Waals surface area contributed by atoms with Crippen LogP contribution in [0.2, 0.25) is 0 Å². The van der Waals surface area contributed by atoms with E-state index in [-0.39, 0.29) is 11.4 Å². The first-order chi connectivity index (χ1) is 12.8. The Balaban J connectivity index is 2.20. The van der Waals surface area contributed by atoms with Gasteiger partial charge in [0, 0.05) is 38.4 Å². The number of anilines is 1. The minimum absolute atomic E-state index is 0.111. The molecule has 7 nitrogen and oxygen atoms in total. The third kappa shape index (κ3) is 5.53. The second kappa shape index (κ2) is 9.33. The second-order valence-corrected chi connectivity index (χ2v) is 8.52. The third-order valence-electron chi connectivity index (χ3n) is 4.86. The van der Waals surface area contributed by atoms with Gasteiger partial charge in [0.1, 0.15) is 6.07 Å². The van der Waals surface area contributed by atoms with E-state index in [4.69, 9.17) is 0 Å². The molecule has 1 aliphatic rings. The van der Waals surface area contributed by atoms with Crippen LogP contribution < -0.4 is 9.62 Å². The first-order valence-electron chi connectivity index (χ1n) is 9.11. The number of hydrogen-bond acceptors (Lipinski definition) is 6. The van der Waals surface area contributed by atoms with Crippen LogP contribution in [0.4, 0.5) is 5.69 Å². The molecule has 1 heterocycles. The van der Waals surface area contributed by atoms with Crippen molar-refractivity contribution in [1.29, 1.82) is 5.26 Å². The summed E-state index contributed by atoms with van der Waals surface area (Å²) in [5, 5.41) is 19.0. The first kappa shape index (κ1) is 21.4. The molecule has 1 atom stereocenters. The summed E-state index contributed by atoms with van der Waals surface area (Å²) in [5.41, 5.74) is 2.16. The Labute approximate surface area is 161 Å². The maximum atomic E-state index is 12.4. The number of piperazine rings is 1. The zero-order chi connectivity index (χ0) is 20.0. The lowest BCUT2D eigenvalue weighted by molar-refractivity contribution is 0.174. The predicted molar refractivity (Wildman–Crippen MR) is 108 cm³/mol. The van der Waals surface area contributed by atoms with Gasteiger partial charge in [-0.15, -0.1) is 0 Å². The smallest absolute Gasteiger partial charge is 0.251 e. The Morgan fingerprint density at radius 3 is 2.37 bits per heavy atom. The molecular formula is C19H28N4O3S. The molecule has 0 spiro atoms. The lowest BCUT2D eigenvalue weighted by atomic mass is 10.1. The van der Waals surface area contributed by atoms with Gasteiger partial charge in [0.2, 0.25) is 0 Å². The monoisotopic (exact) mass is 392 g/mol. The molecular weight excluding hydrogens is 364 g/mol. The molecule has 1 saturated heterocycles. The minimum Gasteiger partial charge on any atom is -0.392 e. The molecule has 0 aliphatic carbocycles. The fraction of sp³-hybridized carbons (Fsp3) is 0.526. The number of aliphatic hydroxyl groups is 1. The Kier molecular flexibility index (Phi) is 7.39. The molecule has 8 heteroatoms. The van der Waals surface area contributed by atoms with Crippen molar-refractivity contribution in [3.05, 3.63) is 34.7 Å². The summed E-state index contributed by atoms with van der Waals surface area (Å²) in [7, 11) is -1.87. The highest BCUT2D eigenvalue weighted by atomic mass is 32.2. The lowest BCUT2D eigenvalue weighted by Gasteiger charge is -2.34. The summed E-state index contributed by atoms with van der Waals surface area (Å²) in [4.78, 5) is 4.25. The lowest BCUT2D eigenvalue weighted by Crippen LogP contribution is -2.44. The SMILES string of the molecule is CCC(O)CNS(=O)(=O)/C(C#N)=C(\C)c1ccc(N2CCN(C)CC2)cc1. The molecule has 0 saturated carbocycles. The van der Waals surface area contributed by atoms with Gasteiger partial charge in [0.05, 0.1) is 6.10 Å². The molecule has 148 valence electrons. The van der Waals surface area contributed by atoms with Gasteiger partial charge in [-0.2, -0.15) is 5.26 Å². The first-order valence-corrected chi connectivity index (χ1v) is 10.6. The maximum Gasteiger partial charge on any atom is 0.251 e. The van der Waals surface area contributed by atoms with Crippen LogP contribution in [0, 0.1) is 11.3 Å². The largest absolute Gasteiger partial charge is 0.392 e. The molecule has 2 rings (SSSR count). The average Bonchev–Trinajstić information content (AvgIpc) is 2.67. The number of aliphatic hydroxyl groups excluding tert-OH is 1. The topological polar surface area (TPSA) is 96.7 Å². The second-order valence-electron chi connectivity index (χ2n) is 6.82. The van der Waals surface area contributed by atoms with E-state index in [1.54, 1.807) is 19.9 Å². The van der Waals surface area contributed by atoms with E-state index in [1.165, 1.54) is 0 Å². The van der Waals surface area contributed by atoms with Crippen LogP contribution in [0.5, 0.6) is 0 Å². The number of sulfonamides is 1. The van der Waals surface area contributed by atoms with E-state index in [9.17, 15) is 18.8 Å². The van der Waals surface area contributed by atoms with E-state index in [1.807, 2.05) is 24.3 Å². The highest BCUT2D eigenvalue weighted by Crippen LogP contribution is 2.24. The number of hydrogen-bond donors (Lipinski definition) is 2. The highest BCUT2D eigenvalue weighted by Gasteiger charge is 2.22. The number of allylic oxidation sites excluding steroid dienone is 2. The van der Waals surface area contributed by atoms with Gasteiger partial charge in [0.15, 0.2) is 4.91 Å². The van der Waals surface area contributed by atoms with Gasteiger partial charge in [-0.05, 0) is 43.7 Å². The molecule has 2 N–H and O–H groups in total. The summed E-state index contributed by atoms with van der Waals surface area (Å²) in [6.07, 6.45) is -0.344. The van der Waals surface area contributed by atoms with Gasteiger partial charge in [-0.3, -0.25) is 0 Å². The number of rotatable bonds is 7. The summed E-state index contributed by atoms with van der Waals surface area (Å²) in [6, 6.07) is 9.40. The van der Waals surface area contributed by atoms with Gasteiger partial charge < -0.3 is 14.9 Å². The van der Waals surface area contributed by atoms with Crippen molar-refractivity contribution in [2.75, 3.05) is 44.7 Å². The highest BCUT2D eigenvalue weighted by molar-refractivity contribution is 7.93. The zero-order valence-electron chi connectivity index (χ0n) is 16.1. The van der Waals surface area contributed by atoms with Crippen molar-refractivity contribution in [1.82, 2.24) is 9.62 Å². The number of nitrogens with one attached hydrogen (secondary N) is 1. The Morgan fingerprint density at radius 2 is 1.85 bits per heavy atom. The van der Waals surface area contributed by atoms with Crippen LogP contribution >= 0.6 is 0 Å². The Bertz CT molecular complexity index is 804. The molecule has 1 unspecified atom stereocenters. The van der Waals surface area contributed by atoms with E-state index in [0.29, 0.717) is 17.6 Å². The number of nitriles is 1. The molecule has 1 aliphatic heterocycles. The average molecular weight is 393 g/mol. The van der Waals surface area contributed by atoms with Crippen molar-refractivity contribution in [2.24, 2.45) is 0 Å². The summed E-state index contributed by atoms with van der Waals surface area (Å²) < 4.78 is 27.2. The van der Waals surface area contributed by atoms with Crippen LogP contribution in [0.15, 0.2) is 29.2 Å². The third-order valence-corrected chi connectivity index (χ3v) is 6.34. The molecule has 1 aromatic carbocycles. The summed E-state index contributed by atoms with van der Waals surface area (Å²) >= 11 is 0. The molecule has 1 aromatic rings. The molecule has 0 amide bonds. The van der Waals surface area contributed by atoms with Gasteiger partial charge in [-0.1, -0.05) is 19.1 Å². The minimum atomic E-state index is -3.97. The maximum absolute atomic E-state index is 12.4. The molecule has 0 aromatic heterocycles. The van der Waals surface area contributed by atoms with E-state index in [2.05, 4.69) is 21.6 Å². The summed E-state index contributed by atoms with van der Waals surface area (Å²) in [6.45, 7) is 7.18. The quantitative estimate of drug-likeness (QED) is 0.681. The fourth-order valence-corrected chi connectivity index (χ4v) is 4.08. The standard InChI is InChI=1S/C19H28N4O3S/c1-4-18(24)14-21-27(25,26)19(13-20)15(2)16-5-7-17(8-6-16)23-11-9-22(3)10-12-23/h5-8,18,21,24H,4,9-12,14H2,1-3H3/b19-15+. The van der Waals surface area contributed by atoms with E-state index >= 15 is 0 Å². The predicted octanol–water partition coefficient (Wildman–Crippen LogP) is 1.38. The molecule has 0 radical (unpaired) electrons. The Morgan fingerprint density at radius 1 is 1.26 bits per heavy atom. The van der Waals surface area contributed by atoms with Crippen LogP contribution in [0.3, 0.4) is 0 Å². The van der Waals surface area contributed by atoms with Crippen molar-refractivity contribution in [3.63, 3.8) is 0 Å². The van der Waals surface area contributed by atoms with Gasteiger partial charge >= 0.3 is 0 Å². The number of nitrogens with zero attached hydrogens (tertiary/aromatic N) is 3. The van der Waals surface area contributed by atoms with Crippen molar-refractivity contribution in [2.45, 2.75) is 26.4 Å². The van der Waals surface area contributed by atoms with Crippen molar-refractivity contribution in [3.8, 4) is 6.07 Å². The zero-order valence-corrected chi connectivity index (χ0v) is 17.0. The van der Waals surface area contributed by atoms with Gasteiger partial charge in [0.25, 0.3) is 10.0 Å². The van der Waals surface area contributed by atoms with Crippen LogP contribution in [-0.4, -0.2) is 64.3 Å². The normalized spacial score (nSPS) is 18.0. The van der Waals surface area contributed by atoms with E-state index < -0.39 is 16.1 Å². The van der Waals surface area contributed by atoms with Crippen LogP contribution in [-0.2, 0) is 10.0 Å². The molecule has 1 fully saturated rings. The Hall–Kier alpha value is -1.92. The van der Waals surface area contributed by atoms with Crippen LogP contribution in [0.25, 0.3) is 5.57 Å². The van der Waals surface area contributed by atoms with Crippen molar-refractivity contribution < 1.29 is 13.5 Å². The molecule has 0 bridgehead atoms. The number of benzene rings is 1. The number of likely N-dealkylation sites (N-methyl/N-ethyl adjacent to an activating group) is 1. The summed E-state index contributed by atoms with van der Waals surface area (Å²) in [5.74, 6) is 0. The van der Waals surface area contributed by atoms with Crippen molar-refractivity contribution >= 4 is 21.3 Å². The van der Waals surface area contributed by atoms with E-state index in [0.717, 1.165) is 31.9 Å². The van der Waals surface area contributed by atoms with Gasteiger partial charge in [-0.25, -0.2) is 13.1 Å². The van der Waals surface area contributed by atoms with Crippen LogP contribution in [0.1, 0.15) is 25.8 Å².